The number of rotatable bonds is 7. The molecule has 1 heterocycles. The van der Waals surface area contributed by atoms with E-state index in [1.165, 1.54) is 0 Å². The van der Waals surface area contributed by atoms with Gasteiger partial charge in [0.25, 0.3) is 5.91 Å². The van der Waals surface area contributed by atoms with Gasteiger partial charge in [0.15, 0.2) is 29.7 Å². The highest BCUT2D eigenvalue weighted by Crippen LogP contribution is 2.55. The van der Waals surface area contributed by atoms with Crippen LogP contribution in [0.3, 0.4) is 0 Å². The quantitative estimate of drug-likeness (QED) is 0.347. The van der Waals surface area contributed by atoms with Gasteiger partial charge in [-0.05, 0) is 76.4 Å². The lowest BCUT2D eigenvalue weighted by atomic mass is 9.64. The summed E-state index contributed by atoms with van der Waals surface area (Å²) >= 11 is 3.66. The summed E-state index contributed by atoms with van der Waals surface area (Å²) in [4.78, 5) is 42.4. The number of benzene rings is 2. The summed E-state index contributed by atoms with van der Waals surface area (Å²) in [6, 6.07) is 13.0. The van der Waals surface area contributed by atoms with Gasteiger partial charge in [0.05, 0.1) is 11.1 Å². The van der Waals surface area contributed by atoms with Crippen LogP contribution in [-0.4, -0.2) is 42.6 Å². The van der Waals surface area contributed by atoms with E-state index in [0.717, 1.165) is 29.8 Å². The molecule has 7 nitrogen and oxygen atoms in total. The monoisotopic (exact) mass is 634 g/mol. The van der Waals surface area contributed by atoms with Gasteiger partial charge in [0, 0.05) is 54.0 Å². The lowest BCUT2D eigenvalue weighted by Gasteiger charge is -2.48. The van der Waals surface area contributed by atoms with Gasteiger partial charge in [-0.2, -0.15) is 0 Å². The number of ketones is 2. The van der Waals surface area contributed by atoms with Crippen LogP contribution in [0.4, 0.5) is 5.69 Å². The third kappa shape index (κ3) is 5.91. The van der Waals surface area contributed by atoms with Gasteiger partial charge in [-0.1, -0.05) is 45.9 Å². The molecule has 0 saturated heterocycles. The highest BCUT2D eigenvalue weighted by Gasteiger charge is 2.48. The van der Waals surface area contributed by atoms with E-state index >= 15 is 0 Å². The normalized spacial score (nSPS) is 19.8. The first-order valence-corrected chi connectivity index (χ1v) is 15.3. The predicted molar refractivity (Wildman–Crippen MR) is 166 cm³/mol. The molecule has 2 aromatic rings. The minimum Gasteiger partial charge on any atom is -0.490 e. The molecule has 2 aromatic carbocycles. The Kier molecular flexibility index (Phi) is 8.14. The largest absolute Gasteiger partial charge is 0.490 e. The number of carbonyl (C=O) groups excluding carboxylic acids is 3. The number of nitrogens with one attached hydrogen (secondary N) is 1. The fourth-order valence-corrected chi connectivity index (χ4v) is 7.09. The van der Waals surface area contributed by atoms with E-state index in [1.807, 2.05) is 56.4 Å². The van der Waals surface area contributed by atoms with Crippen LogP contribution in [0.15, 0.2) is 69.5 Å². The molecule has 3 aliphatic rings. The number of allylic oxidation sites excluding steroid dienone is 4. The SMILES string of the molecule is CCOc1cc(C2C3=C(CC(C)(C)CC3=O)N(C)C3=C2C(=O)CC(C)(C)C3)cc(Br)c1OCC(=O)Nc1ccccc1. The zero-order valence-corrected chi connectivity index (χ0v) is 26.8. The Bertz CT molecular complexity index is 1450. The standard InChI is InChI=1S/C34H39BrN2O5/c1-7-41-27-14-20(13-22(35)32(27)42-19-28(40)36-21-11-9-8-10-12-21)29-30-23(15-33(2,3)17-25(30)38)37(6)24-16-34(4,5)18-26(39)31(24)29/h8-14,29H,7,15-19H2,1-6H3,(H,36,40). The minimum atomic E-state index is -0.496. The minimum absolute atomic E-state index is 0.0780. The maximum absolute atomic E-state index is 13.8. The first-order chi connectivity index (χ1) is 19.8. The van der Waals surface area contributed by atoms with Crippen LogP contribution in [0.5, 0.6) is 11.5 Å². The molecule has 0 radical (unpaired) electrons. The van der Waals surface area contributed by atoms with E-state index in [9.17, 15) is 14.4 Å². The molecule has 1 N–H and O–H groups in total. The molecule has 1 amide bonds. The molecule has 1 aliphatic heterocycles. The fraction of sp³-hybridized carbons (Fsp3) is 0.441. The lowest BCUT2D eigenvalue weighted by Crippen LogP contribution is -2.43. The number of hydrogen-bond acceptors (Lipinski definition) is 6. The second-order valence-electron chi connectivity index (χ2n) is 13.1. The van der Waals surface area contributed by atoms with Crippen molar-refractivity contribution in [3.05, 3.63) is 75.0 Å². The van der Waals surface area contributed by atoms with Crippen LogP contribution in [0, 0.1) is 10.8 Å². The van der Waals surface area contributed by atoms with Gasteiger partial charge in [-0.15, -0.1) is 0 Å². The number of amides is 1. The summed E-state index contributed by atoms with van der Waals surface area (Å²) < 4.78 is 12.6. The summed E-state index contributed by atoms with van der Waals surface area (Å²) in [6.45, 7) is 10.5. The molecule has 0 unspecified atom stereocenters. The third-order valence-electron chi connectivity index (χ3n) is 8.25. The van der Waals surface area contributed by atoms with Crippen molar-refractivity contribution in [3.8, 4) is 11.5 Å². The Labute approximate surface area is 256 Å². The number of hydrogen-bond donors (Lipinski definition) is 1. The Morgan fingerprint density at radius 3 is 2.05 bits per heavy atom. The van der Waals surface area contributed by atoms with Crippen LogP contribution >= 0.6 is 15.9 Å². The van der Waals surface area contributed by atoms with Crippen molar-refractivity contribution >= 4 is 39.1 Å². The zero-order valence-electron chi connectivity index (χ0n) is 25.2. The summed E-state index contributed by atoms with van der Waals surface area (Å²) in [5.74, 6) is 0.204. The molecule has 0 bridgehead atoms. The highest BCUT2D eigenvalue weighted by molar-refractivity contribution is 9.10. The van der Waals surface area contributed by atoms with E-state index in [1.54, 1.807) is 0 Å². The van der Waals surface area contributed by atoms with Crippen LogP contribution in [0.1, 0.15) is 71.8 Å². The van der Waals surface area contributed by atoms with Crippen LogP contribution in [0.2, 0.25) is 0 Å². The van der Waals surface area contributed by atoms with Gasteiger partial charge in [0.1, 0.15) is 0 Å². The van der Waals surface area contributed by atoms with Crippen molar-refractivity contribution < 1.29 is 23.9 Å². The molecule has 0 saturated carbocycles. The average Bonchev–Trinajstić information content (AvgIpc) is 2.89. The maximum Gasteiger partial charge on any atom is 0.262 e. The van der Waals surface area contributed by atoms with E-state index in [2.05, 4.69) is 53.8 Å². The van der Waals surface area contributed by atoms with Gasteiger partial charge >= 0.3 is 0 Å². The van der Waals surface area contributed by atoms with Gasteiger partial charge in [-0.3, -0.25) is 14.4 Å². The second kappa shape index (κ2) is 11.4. The Morgan fingerprint density at radius 2 is 1.50 bits per heavy atom. The van der Waals surface area contributed by atoms with Crippen LogP contribution < -0.4 is 14.8 Å². The van der Waals surface area contributed by atoms with Crippen molar-refractivity contribution in [1.82, 2.24) is 4.90 Å². The molecule has 8 heteroatoms. The average molecular weight is 636 g/mol. The van der Waals surface area contributed by atoms with Gasteiger partial charge in [-0.25, -0.2) is 0 Å². The molecule has 5 rings (SSSR count). The third-order valence-corrected chi connectivity index (χ3v) is 8.84. The maximum atomic E-state index is 13.8. The van der Waals surface area contributed by atoms with Gasteiger partial charge in [0.2, 0.25) is 0 Å². The molecule has 222 valence electrons. The van der Waals surface area contributed by atoms with Crippen LogP contribution in [0.25, 0.3) is 0 Å². The number of nitrogens with zero attached hydrogens (tertiary/aromatic N) is 1. The molecule has 0 fully saturated rings. The molecule has 0 atom stereocenters. The van der Waals surface area contributed by atoms with E-state index < -0.39 is 5.92 Å². The second-order valence-corrected chi connectivity index (χ2v) is 13.9. The number of ether oxygens (including phenoxy) is 2. The van der Waals surface area contributed by atoms with Gasteiger partial charge < -0.3 is 19.7 Å². The Hall–Kier alpha value is -3.39. The van der Waals surface area contributed by atoms with E-state index in [0.29, 0.717) is 52.3 Å². The summed E-state index contributed by atoms with van der Waals surface area (Å²) in [5, 5.41) is 2.82. The molecular weight excluding hydrogens is 596 g/mol. The van der Waals surface area contributed by atoms with Crippen molar-refractivity contribution in [2.75, 3.05) is 25.6 Å². The zero-order chi connectivity index (χ0) is 30.4. The Morgan fingerprint density at radius 1 is 0.929 bits per heavy atom. The summed E-state index contributed by atoms with van der Waals surface area (Å²) in [5.41, 5.74) is 4.53. The molecular formula is C34H39BrN2O5. The number of halogens is 1. The summed E-state index contributed by atoms with van der Waals surface area (Å²) in [7, 11) is 2.00. The number of carbonyl (C=O) groups is 3. The number of Topliss-reactive ketones (excluding diaryl/α,β-unsaturated/α-hetero) is 2. The number of anilines is 1. The number of para-hydroxylation sites is 1. The van der Waals surface area contributed by atoms with Crippen LogP contribution in [-0.2, 0) is 14.4 Å². The lowest BCUT2D eigenvalue weighted by molar-refractivity contribution is -0.120. The van der Waals surface area contributed by atoms with Crippen molar-refractivity contribution in [1.29, 1.82) is 0 Å². The first-order valence-electron chi connectivity index (χ1n) is 14.5. The van der Waals surface area contributed by atoms with Crippen molar-refractivity contribution in [2.24, 2.45) is 10.8 Å². The summed E-state index contributed by atoms with van der Waals surface area (Å²) in [6.07, 6.45) is 2.36. The van der Waals surface area contributed by atoms with E-state index in [-0.39, 0.29) is 34.9 Å². The van der Waals surface area contributed by atoms with E-state index in [4.69, 9.17) is 9.47 Å². The molecule has 2 aliphatic carbocycles. The molecule has 42 heavy (non-hydrogen) atoms. The predicted octanol–water partition coefficient (Wildman–Crippen LogP) is 7.18. The van der Waals surface area contributed by atoms with Crippen molar-refractivity contribution in [3.63, 3.8) is 0 Å². The topological polar surface area (TPSA) is 84.9 Å². The molecule has 0 aromatic heterocycles. The smallest absolute Gasteiger partial charge is 0.262 e. The Balaban J connectivity index is 1.56. The molecule has 0 spiro atoms. The first kappa shape index (κ1) is 30.1. The fourth-order valence-electron chi connectivity index (χ4n) is 6.51. The highest BCUT2D eigenvalue weighted by atomic mass is 79.9. The van der Waals surface area contributed by atoms with Crippen molar-refractivity contribution in [2.45, 2.75) is 66.2 Å².